The molecule has 0 saturated carbocycles. The van der Waals surface area contributed by atoms with Crippen LogP contribution in [0.3, 0.4) is 0 Å². The summed E-state index contributed by atoms with van der Waals surface area (Å²) in [5.74, 6) is -0.0185. The van der Waals surface area contributed by atoms with E-state index in [2.05, 4.69) is 15.9 Å². The molecule has 3 aromatic carbocycles. The zero-order chi connectivity index (χ0) is 20.4. The number of amides is 1. The average Bonchev–Trinajstić information content (AvgIpc) is 2.76. The first kappa shape index (κ1) is 19.0. The Hall–Kier alpha value is -3.29. The van der Waals surface area contributed by atoms with Crippen LogP contribution in [0.4, 0.5) is 0 Å². The molecule has 144 valence electrons. The van der Waals surface area contributed by atoms with Gasteiger partial charge in [-0.25, -0.2) is 10.5 Å². The van der Waals surface area contributed by atoms with Gasteiger partial charge in [0.25, 0.3) is 11.5 Å². The van der Waals surface area contributed by atoms with Crippen LogP contribution in [0.5, 0.6) is 0 Å². The van der Waals surface area contributed by atoms with Crippen molar-refractivity contribution in [1.82, 2.24) is 15.0 Å². The summed E-state index contributed by atoms with van der Waals surface area (Å²) in [6.07, 6.45) is 0. The van der Waals surface area contributed by atoms with E-state index in [-0.39, 0.29) is 5.56 Å². The summed E-state index contributed by atoms with van der Waals surface area (Å²) in [5, 5.41) is 9.30. The monoisotopic (exact) mass is 449 g/mol. The highest BCUT2D eigenvalue weighted by Crippen LogP contribution is 2.22. The molecule has 1 heterocycles. The minimum atomic E-state index is -0.586. The fourth-order valence-corrected chi connectivity index (χ4v) is 3.41. The normalized spacial score (nSPS) is 10.8. The summed E-state index contributed by atoms with van der Waals surface area (Å²) < 4.78 is 2.57. The summed E-state index contributed by atoms with van der Waals surface area (Å²) >= 11 is 3.43. The van der Waals surface area contributed by atoms with Crippen molar-refractivity contribution in [3.8, 4) is 11.4 Å². The molecular formula is C22H16BrN3O3. The number of rotatable bonds is 4. The van der Waals surface area contributed by atoms with Crippen molar-refractivity contribution in [1.29, 1.82) is 0 Å². The Morgan fingerprint density at radius 2 is 1.69 bits per heavy atom. The van der Waals surface area contributed by atoms with Crippen LogP contribution in [-0.4, -0.2) is 20.7 Å². The molecular weight excluding hydrogens is 434 g/mol. The molecule has 0 bridgehead atoms. The number of hydrogen-bond donors (Lipinski definition) is 2. The van der Waals surface area contributed by atoms with Crippen molar-refractivity contribution in [2.45, 2.75) is 6.54 Å². The lowest BCUT2D eigenvalue weighted by atomic mass is 10.1. The largest absolute Gasteiger partial charge is 0.288 e. The van der Waals surface area contributed by atoms with Gasteiger partial charge in [-0.1, -0.05) is 52.3 Å². The molecule has 4 rings (SSSR count). The standard InChI is InChI=1S/C22H16BrN3O3/c23-17-11-9-15(10-12-17)20-24-19-4-2-1-3-18(19)22(28)26(20)13-14-5-7-16(8-6-14)21(27)25-29/h1-12,29H,13H2,(H,25,27). The van der Waals surface area contributed by atoms with E-state index in [0.29, 0.717) is 28.8 Å². The Morgan fingerprint density at radius 1 is 1.00 bits per heavy atom. The topological polar surface area (TPSA) is 84.2 Å². The van der Waals surface area contributed by atoms with Crippen molar-refractivity contribution in [2.75, 3.05) is 0 Å². The van der Waals surface area contributed by atoms with Gasteiger partial charge in [0.2, 0.25) is 0 Å². The van der Waals surface area contributed by atoms with E-state index in [1.807, 2.05) is 42.5 Å². The van der Waals surface area contributed by atoms with Crippen molar-refractivity contribution in [3.05, 3.63) is 98.7 Å². The number of fused-ring (bicyclic) bond motifs is 1. The number of benzene rings is 3. The van der Waals surface area contributed by atoms with Crippen molar-refractivity contribution < 1.29 is 10.0 Å². The Balaban J connectivity index is 1.84. The van der Waals surface area contributed by atoms with E-state index in [1.54, 1.807) is 40.4 Å². The molecule has 1 amide bonds. The molecule has 2 N–H and O–H groups in total. The number of para-hydroxylation sites is 1. The lowest BCUT2D eigenvalue weighted by Crippen LogP contribution is -2.24. The minimum Gasteiger partial charge on any atom is -0.288 e. The molecule has 0 saturated heterocycles. The van der Waals surface area contributed by atoms with Crippen LogP contribution in [0.2, 0.25) is 0 Å². The van der Waals surface area contributed by atoms with Gasteiger partial charge >= 0.3 is 0 Å². The number of hydrogen-bond acceptors (Lipinski definition) is 4. The number of halogens is 1. The third-order valence-corrected chi connectivity index (χ3v) is 5.15. The van der Waals surface area contributed by atoms with E-state index in [1.165, 1.54) is 0 Å². The predicted molar refractivity (Wildman–Crippen MR) is 114 cm³/mol. The Kier molecular flexibility index (Phi) is 5.24. The van der Waals surface area contributed by atoms with Crippen LogP contribution < -0.4 is 11.0 Å². The minimum absolute atomic E-state index is 0.134. The van der Waals surface area contributed by atoms with E-state index >= 15 is 0 Å². The fraction of sp³-hybridized carbons (Fsp3) is 0.0455. The zero-order valence-corrected chi connectivity index (χ0v) is 16.8. The summed E-state index contributed by atoms with van der Waals surface area (Å²) in [4.78, 5) is 29.5. The molecule has 0 aliphatic rings. The van der Waals surface area contributed by atoms with Gasteiger partial charge < -0.3 is 0 Å². The second-order valence-corrected chi connectivity index (χ2v) is 7.40. The van der Waals surface area contributed by atoms with Gasteiger partial charge in [-0.15, -0.1) is 0 Å². The maximum absolute atomic E-state index is 13.2. The SMILES string of the molecule is O=C(NO)c1ccc(Cn2c(-c3ccc(Br)cc3)nc3ccccc3c2=O)cc1. The maximum Gasteiger partial charge on any atom is 0.274 e. The van der Waals surface area contributed by atoms with Gasteiger partial charge in [-0.3, -0.25) is 19.4 Å². The lowest BCUT2D eigenvalue weighted by Gasteiger charge is -2.14. The highest BCUT2D eigenvalue weighted by atomic mass is 79.9. The lowest BCUT2D eigenvalue weighted by molar-refractivity contribution is 0.0706. The van der Waals surface area contributed by atoms with E-state index < -0.39 is 5.91 Å². The molecule has 0 unspecified atom stereocenters. The van der Waals surface area contributed by atoms with Crippen LogP contribution in [0.15, 0.2) is 82.1 Å². The number of nitrogens with one attached hydrogen (secondary N) is 1. The number of carbonyl (C=O) groups is 1. The molecule has 0 spiro atoms. The summed E-state index contributed by atoms with van der Waals surface area (Å²) in [6, 6.07) is 21.6. The first-order valence-electron chi connectivity index (χ1n) is 8.86. The third kappa shape index (κ3) is 3.83. The van der Waals surface area contributed by atoms with E-state index in [4.69, 9.17) is 10.2 Å². The highest BCUT2D eigenvalue weighted by molar-refractivity contribution is 9.10. The van der Waals surface area contributed by atoms with Gasteiger partial charge in [0, 0.05) is 15.6 Å². The Bertz CT molecular complexity index is 1250. The van der Waals surface area contributed by atoms with Crippen molar-refractivity contribution >= 4 is 32.7 Å². The van der Waals surface area contributed by atoms with E-state index in [9.17, 15) is 9.59 Å². The van der Waals surface area contributed by atoms with Gasteiger partial charge in [-0.2, -0.15) is 0 Å². The molecule has 0 fully saturated rings. The zero-order valence-electron chi connectivity index (χ0n) is 15.2. The van der Waals surface area contributed by atoms with Crippen LogP contribution in [-0.2, 0) is 6.54 Å². The molecule has 0 aliphatic heterocycles. The van der Waals surface area contributed by atoms with Gasteiger partial charge in [0.15, 0.2) is 0 Å². The number of carbonyl (C=O) groups excluding carboxylic acids is 1. The number of hydroxylamine groups is 1. The summed E-state index contributed by atoms with van der Waals surface area (Å²) in [5.41, 5.74) is 4.10. The number of nitrogens with zero attached hydrogens (tertiary/aromatic N) is 2. The smallest absolute Gasteiger partial charge is 0.274 e. The first-order valence-corrected chi connectivity index (χ1v) is 9.65. The third-order valence-electron chi connectivity index (χ3n) is 4.62. The second kappa shape index (κ2) is 7.98. The molecule has 0 atom stereocenters. The van der Waals surface area contributed by atoms with Crippen LogP contribution in [0.1, 0.15) is 15.9 Å². The van der Waals surface area contributed by atoms with Crippen LogP contribution in [0, 0.1) is 0 Å². The Labute approximate surface area is 174 Å². The highest BCUT2D eigenvalue weighted by Gasteiger charge is 2.13. The first-order chi connectivity index (χ1) is 14.1. The van der Waals surface area contributed by atoms with Gasteiger partial charge in [0.05, 0.1) is 17.4 Å². The average molecular weight is 450 g/mol. The van der Waals surface area contributed by atoms with E-state index in [0.717, 1.165) is 15.6 Å². The van der Waals surface area contributed by atoms with Crippen molar-refractivity contribution in [3.63, 3.8) is 0 Å². The molecule has 1 aromatic heterocycles. The Morgan fingerprint density at radius 3 is 2.38 bits per heavy atom. The van der Waals surface area contributed by atoms with Gasteiger partial charge in [0.1, 0.15) is 5.82 Å². The predicted octanol–water partition coefficient (Wildman–Crippen LogP) is 3.99. The number of aromatic nitrogens is 2. The second-order valence-electron chi connectivity index (χ2n) is 6.49. The van der Waals surface area contributed by atoms with Gasteiger partial charge in [-0.05, 0) is 42.0 Å². The molecule has 6 nitrogen and oxygen atoms in total. The summed E-state index contributed by atoms with van der Waals surface area (Å²) in [7, 11) is 0. The molecule has 7 heteroatoms. The van der Waals surface area contributed by atoms with Crippen LogP contribution >= 0.6 is 15.9 Å². The van der Waals surface area contributed by atoms with Crippen LogP contribution in [0.25, 0.3) is 22.3 Å². The fourth-order valence-electron chi connectivity index (χ4n) is 3.14. The summed E-state index contributed by atoms with van der Waals surface area (Å²) in [6.45, 7) is 0.295. The van der Waals surface area contributed by atoms with Crippen molar-refractivity contribution in [2.24, 2.45) is 0 Å². The molecule has 0 aliphatic carbocycles. The quantitative estimate of drug-likeness (QED) is 0.364. The molecule has 4 aromatic rings. The molecule has 29 heavy (non-hydrogen) atoms. The molecule has 0 radical (unpaired) electrons. The maximum atomic E-state index is 13.2.